The zero-order valence-corrected chi connectivity index (χ0v) is 17.9. The summed E-state index contributed by atoms with van der Waals surface area (Å²) in [7, 11) is 1.50. The van der Waals surface area contributed by atoms with Crippen molar-refractivity contribution in [3.8, 4) is 5.75 Å². The molecule has 0 bridgehead atoms. The Morgan fingerprint density at radius 3 is 2.53 bits per heavy atom. The van der Waals surface area contributed by atoms with Crippen LogP contribution in [0, 0.1) is 17.7 Å². The van der Waals surface area contributed by atoms with Crippen LogP contribution in [0.1, 0.15) is 24.0 Å². The number of aliphatic hydroxyl groups excluding tert-OH is 2. The van der Waals surface area contributed by atoms with Gasteiger partial charge in [-0.15, -0.1) is 0 Å². The summed E-state index contributed by atoms with van der Waals surface area (Å²) >= 11 is 0. The monoisotopic (exact) mass is 475 g/mol. The van der Waals surface area contributed by atoms with Gasteiger partial charge in [-0.3, -0.25) is 19.2 Å². The molecule has 0 saturated heterocycles. The van der Waals surface area contributed by atoms with Crippen molar-refractivity contribution in [2.24, 2.45) is 17.6 Å². The zero-order chi connectivity index (χ0) is 25.1. The summed E-state index contributed by atoms with van der Waals surface area (Å²) in [6.45, 7) is -0.146. The first-order chi connectivity index (χ1) is 15.9. The lowest BCUT2D eigenvalue weighted by molar-refractivity contribution is -0.147. The number of primary amides is 1. The van der Waals surface area contributed by atoms with Crippen LogP contribution in [0.3, 0.4) is 0 Å². The fraction of sp³-hybridized carbons (Fsp3) is 0.364. The van der Waals surface area contributed by atoms with Gasteiger partial charge in [0.15, 0.2) is 17.1 Å². The standard InChI is InChI=1S/C22H22FN3O8/c1-25-6-13(28)26-11-5-10(23)9-3-7-2-8-4-12(27)16(21(24)33)20(32)22(8,34)19(31)14(7)18(30)15(9)17(11)29/h5,7-8,25,29-30,32,34H,2-4,6H2,1H3,(H2,24,33)(H,26,28)/t7?,8-,22-/m0/s1. The van der Waals surface area contributed by atoms with Gasteiger partial charge in [-0.25, -0.2) is 4.39 Å². The van der Waals surface area contributed by atoms with Gasteiger partial charge in [0, 0.05) is 29.5 Å². The number of carbonyl (C=O) groups excluding carboxylic acids is 4. The van der Waals surface area contributed by atoms with Gasteiger partial charge in [-0.05, 0) is 25.8 Å². The minimum atomic E-state index is -2.71. The number of benzene rings is 1. The van der Waals surface area contributed by atoms with Crippen molar-refractivity contribution in [1.82, 2.24) is 5.32 Å². The van der Waals surface area contributed by atoms with Gasteiger partial charge >= 0.3 is 0 Å². The number of rotatable bonds is 4. The fourth-order valence-corrected chi connectivity index (χ4v) is 5.09. The number of aliphatic hydroxyl groups is 3. The molecule has 4 rings (SSSR count). The lowest BCUT2D eigenvalue weighted by atomic mass is 9.59. The second-order valence-corrected chi connectivity index (χ2v) is 8.59. The number of halogens is 1. The highest BCUT2D eigenvalue weighted by Gasteiger charge is 2.60. The summed E-state index contributed by atoms with van der Waals surface area (Å²) in [4.78, 5) is 49.2. The van der Waals surface area contributed by atoms with E-state index < -0.39 is 87.0 Å². The van der Waals surface area contributed by atoms with Crippen LogP contribution >= 0.6 is 0 Å². The maximum absolute atomic E-state index is 15.0. The molecule has 1 unspecified atom stereocenters. The highest BCUT2D eigenvalue weighted by molar-refractivity contribution is 6.22. The topological polar surface area (TPSA) is 199 Å². The molecule has 1 aromatic carbocycles. The van der Waals surface area contributed by atoms with Gasteiger partial charge in [-0.1, -0.05) is 0 Å². The van der Waals surface area contributed by atoms with Crippen molar-refractivity contribution in [3.63, 3.8) is 0 Å². The molecule has 8 N–H and O–H groups in total. The summed E-state index contributed by atoms with van der Waals surface area (Å²) in [5, 5.41) is 48.2. The van der Waals surface area contributed by atoms with Crippen LogP contribution in [0.5, 0.6) is 5.75 Å². The van der Waals surface area contributed by atoms with E-state index >= 15 is 0 Å². The Kier molecular flexibility index (Phi) is 5.45. The zero-order valence-electron chi connectivity index (χ0n) is 17.9. The van der Waals surface area contributed by atoms with Crippen LogP contribution in [0.4, 0.5) is 10.1 Å². The lowest BCUT2D eigenvalue weighted by Gasteiger charge is -2.46. The van der Waals surface area contributed by atoms with Crippen LogP contribution in [0.2, 0.25) is 0 Å². The molecule has 3 atom stereocenters. The van der Waals surface area contributed by atoms with Crippen molar-refractivity contribution < 1.29 is 44.0 Å². The molecule has 3 aliphatic rings. The number of amides is 2. The third-order valence-electron chi connectivity index (χ3n) is 6.62. The fourth-order valence-electron chi connectivity index (χ4n) is 5.09. The van der Waals surface area contributed by atoms with E-state index in [9.17, 15) is 44.0 Å². The molecule has 2 amide bonds. The molecule has 0 radical (unpaired) electrons. The number of ketones is 2. The number of likely N-dealkylation sites (N-methyl/N-ethyl adjacent to an activating group) is 1. The first kappa shape index (κ1) is 23.4. The summed E-state index contributed by atoms with van der Waals surface area (Å²) < 4.78 is 15.0. The minimum Gasteiger partial charge on any atom is -0.508 e. The third-order valence-corrected chi connectivity index (χ3v) is 6.62. The second kappa shape index (κ2) is 7.92. The molecule has 1 fully saturated rings. The molecule has 0 aliphatic heterocycles. The van der Waals surface area contributed by atoms with Gasteiger partial charge in [0.25, 0.3) is 5.91 Å². The van der Waals surface area contributed by atoms with Crippen LogP contribution in [0.15, 0.2) is 23.0 Å². The van der Waals surface area contributed by atoms with Gasteiger partial charge < -0.3 is 36.8 Å². The quantitative estimate of drug-likeness (QED) is 0.226. The van der Waals surface area contributed by atoms with E-state index in [1.54, 1.807) is 0 Å². The Morgan fingerprint density at radius 1 is 1.24 bits per heavy atom. The summed E-state index contributed by atoms with van der Waals surface area (Å²) in [6, 6.07) is 0.888. The number of anilines is 1. The van der Waals surface area contributed by atoms with Crippen molar-refractivity contribution >= 4 is 34.8 Å². The largest absolute Gasteiger partial charge is 0.508 e. The molecule has 3 aliphatic carbocycles. The second-order valence-electron chi connectivity index (χ2n) is 8.59. The van der Waals surface area contributed by atoms with Gasteiger partial charge in [0.2, 0.25) is 11.7 Å². The number of aromatic hydroxyl groups is 1. The molecular weight excluding hydrogens is 453 g/mol. The molecule has 34 heavy (non-hydrogen) atoms. The number of fused-ring (bicyclic) bond motifs is 3. The number of phenols is 1. The van der Waals surface area contributed by atoms with Crippen LogP contribution in [0.25, 0.3) is 5.76 Å². The first-order valence-electron chi connectivity index (χ1n) is 10.4. The summed E-state index contributed by atoms with van der Waals surface area (Å²) in [5.41, 5.74) is 0.234. The predicted octanol–water partition coefficient (Wildman–Crippen LogP) is -0.279. The van der Waals surface area contributed by atoms with Crippen molar-refractivity contribution in [2.45, 2.75) is 24.9 Å². The van der Waals surface area contributed by atoms with Crippen molar-refractivity contribution in [3.05, 3.63) is 39.9 Å². The molecule has 12 heteroatoms. The summed E-state index contributed by atoms with van der Waals surface area (Å²) in [6.07, 6.45) is -0.742. The number of hydrogen-bond acceptors (Lipinski definition) is 9. The summed E-state index contributed by atoms with van der Waals surface area (Å²) in [5.74, 6) is -9.53. The van der Waals surface area contributed by atoms with Crippen LogP contribution in [-0.2, 0) is 25.6 Å². The van der Waals surface area contributed by atoms with E-state index in [-0.39, 0.29) is 30.6 Å². The number of carbonyl (C=O) groups is 4. The number of nitrogens with one attached hydrogen (secondary N) is 2. The molecular formula is C22H22FN3O8. The molecule has 0 aromatic heterocycles. The van der Waals surface area contributed by atoms with Crippen LogP contribution in [-0.4, -0.2) is 63.0 Å². The molecule has 0 heterocycles. The van der Waals surface area contributed by atoms with Gasteiger partial charge in [0.05, 0.1) is 17.8 Å². The van der Waals surface area contributed by atoms with E-state index in [0.717, 1.165) is 6.07 Å². The van der Waals surface area contributed by atoms with E-state index in [2.05, 4.69) is 10.6 Å². The van der Waals surface area contributed by atoms with Gasteiger partial charge in [0.1, 0.15) is 22.9 Å². The van der Waals surface area contributed by atoms with Crippen molar-refractivity contribution in [1.29, 1.82) is 0 Å². The molecule has 1 aromatic rings. The highest BCUT2D eigenvalue weighted by Crippen LogP contribution is 2.52. The Labute approximate surface area is 191 Å². The Bertz CT molecular complexity index is 1240. The van der Waals surface area contributed by atoms with Crippen LogP contribution < -0.4 is 16.4 Å². The number of Topliss-reactive ketones (excluding diaryl/α,β-unsaturated/α-hetero) is 2. The van der Waals surface area contributed by atoms with E-state index in [1.165, 1.54) is 7.05 Å². The first-order valence-corrected chi connectivity index (χ1v) is 10.4. The number of nitrogens with two attached hydrogens (primary N) is 1. The van der Waals surface area contributed by atoms with Crippen molar-refractivity contribution in [2.75, 3.05) is 18.9 Å². The number of phenolic OH excluding ortho intramolecular Hbond substituents is 1. The molecule has 180 valence electrons. The molecule has 1 saturated carbocycles. The highest BCUT2D eigenvalue weighted by atomic mass is 19.1. The number of hydrogen-bond donors (Lipinski definition) is 7. The lowest BCUT2D eigenvalue weighted by Crippen LogP contribution is -2.58. The van der Waals surface area contributed by atoms with Gasteiger partial charge in [-0.2, -0.15) is 0 Å². The SMILES string of the molecule is CNCC(=O)Nc1cc(F)c2c(c1O)C(O)=C1C(=O)[C@]3(O)C(O)=C(C(N)=O)C(=O)C[C@@H]3CC1C2. The van der Waals surface area contributed by atoms with E-state index in [4.69, 9.17) is 5.73 Å². The molecule has 11 nitrogen and oxygen atoms in total. The Hall–Kier alpha value is -3.77. The Morgan fingerprint density at radius 2 is 1.91 bits per heavy atom. The average Bonchev–Trinajstić information content (AvgIpc) is 2.74. The predicted molar refractivity (Wildman–Crippen MR) is 114 cm³/mol. The average molecular weight is 475 g/mol. The Balaban J connectivity index is 1.87. The smallest absolute Gasteiger partial charge is 0.255 e. The maximum Gasteiger partial charge on any atom is 0.255 e. The minimum absolute atomic E-state index is 0.107. The van der Waals surface area contributed by atoms with E-state index in [1.807, 2.05) is 0 Å². The normalized spacial score (nSPS) is 26.1. The third kappa shape index (κ3) is 3.17. The molecule has 0 spiro atoms. The van der Waals surface area contributed by atoms with E-state index in [0.29, 0.717) is 0 Å². The maximum atomic E-state index is 15.0.